The van der Waals surface area contributed by atoms with Gasteiger partial charge in [0.15, 0.2) is 11.5 Å². The maximum atomic E-state index is 10.2. The molecular weight excluding hydrogens is 354 g/mol. The second-order valence-electron chi connectivity index (χ2n) is 6.59. The zero-order valence-corrected chi connectivity index (χ0v) is 16.4. The van der Waals surface area contributed by atoms with Crippen LogP contribution in [0.4, 0.5) is 0 Å². The predicted octanol–water partition coefficient (Wildman–Crippen LogP) is 3.43. The fourth-order valence-corrected chi connectivity index (χ4v) is 3.10. The van der Waals surface area contributed by atoms with Crippen LogP contribution < -0.4 is 19.5 Å². The van der Waals surface area contributed by atoms with Crippen LogP contribution in [0.1, 0.15) is 5.56 Å². The van der Waals surface area contributed by atoms with Gasteiger partial charge in [0, 0.05) is 11.9 Å². The lowest BCUT2D eigenvalue weighted by Crippen LogP contribution is -2.32. The predicted molar refractivity (Wildman–Crippen MR) is 112 cm³/mol. The van der Waals surface area contributed by atoms with E-state index in [4.69, 9.17) is 14.2 Å². The molecule has 0 aliphatic heterocycles. The van der Waals surface area contributed by atoms with E-state index >= 15 is 0 Å². The number of hydrogen-bond acceptors (Lipinski definition) is 5. The first-order chi connectivity index (χ1) is 13.7. The van der Waals surface area contributed by atoms with E-state index in [0.717, 1.165) is 46.6 Å². The fraction of sp³-hybridized carbons (Fsp3) is 0.304. The number of methoxy groups -OCH3 is 2. The molecule has 1 unspecified atom stereocenters. The summed E-state index contributed by atoms with van der Waals surface area (Å²) in [6, 6.07) is 19.9. The highest BCUT2D eigenvalue weighted by atomic mass is 16.5. The van der Waals surface area contributed by atoms with E-state index in [1.165, 1.54) is 0 Å². The van der Waals surface area contributed by atoms with Crippen molar-refractivity contribution in [3.8, 4) is 17.2 Å². The third kappa shape index (κ3) is 5.15. The molecular formula is C23H27NO4. The molecule has 0 bridgehead atoms. The minimum atomic E-state index is -0.579. The summed E-state index contributed by atoms with van der Waals surface area (Å²) in [4.78, 5) is 0. The molecule has 148 valence electrons. The summed E-state index contributed by atoms with van der Waals surface area (Å²) in [5, 5.41) is 15.7. The van der Waals surface area contributed by atoms with E-state index in [-0.39, 0.29) is 6.61 Å². The largest absolute Gasteiger partial charge is 0.493 e. The van der Waals surface area contributed by atoms with Gasteiger partial charge in [-0.15, -0.1) is 0 Å². The lowest BCUT2D eigenvalue weighted by atomic mass is 10.1. The van der Waals surface area contributed by atoms with Gasteiger partial charge >= 0.3 is 0 Å². The van der Waals surface area contributed by atoms with Gasteiger partial charge in [-0.05, 0) is 42.1 Å². The fourth-order valence-electron chi connectivity index (χ4n) is 3.10. The molecule has 0 aliphatic rings. The van der Waals surface area contributed by atoms with E-state index in [2.05, 4.69) is 5.32 Å². The van der Waals surface area contributed by atoms with E-state index in [0.29, 0.717) is 6.54 Å². The molecule has 0 spiro atoms. The minimum absolute atomic E-state index is 0.247. The summed E-state index contributed by atoms with van der Waals surface area (Å²) >= 11 is 0. The van der Waals surface area contributed by atoms with Crippen molar-refractivity contribution in [1.82, 2.24) is 5.32 Å². The first kappa shape index (κ1) is 20.0. The third-order valence-electron chi connectivity index (χ3n) is 4.60. The number of ether oxygens (including phenoxy) is 3. The van der Waals surface area contributed by atoms with Crippen LogP contribution in [0.25, 0.3) is 10.8 Å². The number of benzene rings is 3. The molecule has 0 heterocycles. The first-order valence-corrected chi connectivity index (χ1v) is 9.41. The molecule has 5 heteroatoms. The highest BCUT2D eigenvalue weighted by Crippen LogP contribution is 2.27. The SMILES string of the molecule is COc1ccc(CCNCC(O)COc2cccc3ccccc23)cc1OC. The van der Waals surface area contributed by atoms with E-state index < -0.39 is 6.10 Å². The molecule has 1 atom stereocenters. The highest BCUT2D eigenvalue weighted by molar-refractivity contribution is 5.88. The van der Waals surface area contributed by atoms with Crippen molar-refractivity contribution in [3.05, 3.63) is 66.2 Å². The average molecular weight is 381 g/mol. The van der Waals surface area contributed by atoms with Crippen LogP contribution in [0.3, 0.4) is 0 Å². The van der Waals surface area contributed by atoms with Crippen molar-refractivity contribution in [3.63, 3.8) is 0 Å². The number of rotatable bonds is 10. The topological polar surface area (TPSA) is 60.0 Å². The molecule has 0 saturated heterocycles. The Balaban J connectivity index is 1.43. The monoisotopic (exact) mass is 381 g/mol. The molecule has 28 heavy (non-hydrogen) atoms. The average Bonchev–Trinajstić information content (AvgIpc) is 2.75. The van der Waals surface area contributed by atoms with Crippen molar-refractivity contribution in [1.29, 1.82) is 0 Å². The van der Waals surface area contributed by atoms with Crippen molar-refractivity contribution in [2.75, 3.05) is 33.9 Å². The molecule has 3 aromatic rings. The van der Waals surface area contributed by atoms with Crippen LogP contribution in [-0.2, 0) is 6.42 Å². The number of hydrogen-bond donors (Lipinski definition) is 2. The van der Waals surface area contributed by atoms with Gasteiger partial charge in [0.1, 0.15) is 18.5 Å². The number of aliphatic hydroxyl groups excluding tert-OH is 1. The summed E-state index contributed by atoms with van der Waals surface area (Å²) in [6.07, 6.45) is 0.251. The van der Waals surface area contributed by atoms with Gasteiger partial charge in [-0.1, -0.05) is 42.5 Å². The van der Waals surface area contributed by atoms with E-state index in [1.54, 1.807) is 14.2 Å². The van der Waals surface area contributed by atoms with Gasteiger partial charge in [0.2, 0.25) is 0 Å². The first-order valence-electron chi connectivity index (χ1n) is 9.41. The summed E-state index contributed by atoms with van der Waals surface area (Å²) in [7, 11) is 3.26. The van der Waals surface area contributed by atoms with Gasteiger partial charge < -0.3 is 24.6 Å². The molecule has 3 rings (SSSR count). The molecule has 0 saturated carbocycles. The van der Waals surface area contributed by atoms with Crippen molar-refractivity contribution in [2.24, 2.45) is 0 Å². The Morgan fingerprint density at radius 3 is 2.50 bits per heavy atom. The zero-order chi connectivity index (χ0) is 19.8. The Hall–Kier alpha value is -2.76. The summed E-state index contributed by atoms with van der Waals surface area (Å²) in [6.45, 7) is 1.47. The van der Waals surface area contributed by atoms with Crippen molar-refractivity contribution >= 4 is 10.8 Å². The molecule has 2 N–H and O–H groups in total. The Kier molecular flexibility index (Phi) is 7.12. The Morgan fingerprint density at radius 2 is 1.68 bits per heavy atom. The smallest absolute Gasteiger partial charge is 0.160 e. The maximum Gasteiger partial charge on any atom is 0.160 e. The van der Waals surface area contributed by atoms with Crippen LogP contribution in [0, 0.1) is 0 Å². The van der Waals surface area contributed by atoms with Crippen LogP contribution in [0.15, 0.2) is 60.7 Å². The minimum Gasteiger partial charge on any atom is -0.493 e. The van der Waals surface area contributed by atoms with Crippen LogP contribution in [0.5, 0.6) is 17.2 Å². The van der Waals surface area contributed by atoms with Gasteiger partial charge in [-0.25, -0.2) is 0 Å². The number of fused-ring (bicyclic) bond motifs is 1. The Bertz CT molecular complexity index is 891. The molecule has 0 radical (unpaired) electrons. The van der Waals surface area contributed by atoms with Crippen LogP contribution in [-0.4, -0.2) is 45.1 Å². The lowest BCUT2D eigenvalue weighted by Gasteiger charge is -2.15. The van der Waals surface area contributed by atoms with E-state index in [9.17, 15) is 5.11 Å². The quantitative estimate of drug-likeness (QED) is 0.527. The van der Waals surface area contributed by atoms with Crippen LogP contribution >= 0.6 is 0 Å². The Morgan fingerprint density at radius 1 is 0.893 bits per heavy atom. The van der Waals surface area contributed by atoms with Gasteiger partial charge in [0.25, 0.3) is 0 Å². The molecule has 5 nitrogen and oxygen atoms in total. The van der Waals surface area contributed by atoms with Crippen molar-refractivity contribution in [2.45, 2.75) is 12.5 Å². The van der Waals surface area contributed by atoms with Gasteiger partial charge in [0.05, 0.1) is 14.2 Å². The normalized spacial score (nSPS) is 12.0. The molecule has 0 aliphatic carbocycles. The molecule has 3 aromatic carbocycles. The Labute approximate surface area is 165 Å². The molecule has 0 aromatic heterocycles. The number of nitrogens with one attached hydrogen (secondary N) is 1. The van der Waals surface area contributed by atoms with Crippen LogP contribution in [0.2, 0.25) is 0 Å². The summed E-state index contributed by atoms with van der Waals surface area (Å²) in [5.41, 5.74) is 1.15. The molecule has 0 fully saturated rings. The zero-order valence-electron chi connectivity index (χ0n) is 16.4. The third-order valence-corrected chi connectivity index (χ3v) is 4.60. The highest BCUT2D eigenvalue weighted by Gasteiger charge is 2.08. The second-order valence-corrected chi connectivity index (χ2v) is 6.59. The van der Waals surface area contributed by atoms with Gasteiger partial charge in [-0.3, -0.25) is 0 Å². The standard InChI is InChI=1S/C23H27NO4/c1-26-22-11-10-17(14-23(22)27-2)12-13-24-15-19(25)16-28-21-9-5-7-18-6-3-4-8-20(18)21/h3-11,14,19,24-25H,12-13,15-16H2,1-2H3. The van der Waals surface area contributed by atoms with Gasteiger partial charge in [-0.2, -0.15) is 0 Å². The van der Waals surface area contributed by atoms with Crippen molar-refractivity contribution < 1.29 is 19.3 Å². The second kappa shape index (κ2) is 9.97. The summed E-state index contributed by atoms with van der Waals surface area (Å²) < 4.78 is 16.4. The lowest BCUT2D eigenvalue weighted by molar-refractivity contribution is 0.107. The number of aliphatic hydroxyl groups is 1. The maximum absolute atomic E-state index is 10.2. The summed E-state index contributed by atoms with van der Waals surface area (Å²) in [5.74, 6) is 2.24. The van der Waals surface area contributed by atoms with E-state index in [1.807, 2.05) is 60.7 Å². The molecule has 0 amide bonds.